The van der Waals surface area contributed by atoms with Gasteiger partial charge in [0.1, 0.15) is 0 Å². The van der Waals surface area contributed by atoms with E-state index in [2.05, 4.69) is 4.72 Å². The summed E-state index contributed by atoms with van der Waals surface area (Å²) in [5.41, 5.74) is -0.744. The van der Waals surface area contributed by atoms with Crippen LogP contribution in [-0.4, -0.2) is 44.6 Å². The van der Waals surface area contributed by atoms with Gasteiger partial charge < -0.3 is 9.84 Å². The molecule has 0 unspecified atom stereocenters. The summed E-state index contributed by atoms with van der Waals surface area (Å²) in [5.74, 6) is 0.0963. The Labute approximate surface area is 110 Å². The largest absolute Gasteiger partial charge is 0.394 e. The number of hydrogen-bond acceptors (Lipinski definition) is 4. The van der Waals surface area contributed by atoms with Crippen molar-refractivity contribution in [3.63, 3.8) is 0 Å². The van der Waals surface area contributed by atoms with Crippen molar-refractivity contribution in [1.82, 2.24) is 4.72 Å². The predicted octanol–water partition coefficient (Wildman–Crippen LogP) is 0.883. The Bertz CT molecular complexity index is 353. The Morgan fingerprint density at radius 2 is 1.83 bits per heavy atom. The number of hydrogen-bond donors (Lipinski definition) is 2. The maximum atomic E-state index is 12.0. The van der Waals surface area contributed by atoms with Gasteiger partial charge in [-0.15, -0.1) is 0 Å². The molecule has 5 nitrogen and oxygen atoms in total. The van der Waals surface area contributed by atoms with E-state index in [0.717, 1.165) is 0 Å². The third-order valence-electron chi connectivity index (χ3n) is 3.25. The molecule has 0 spiro atoms. The van der Waals surface area contributed by atoms with E-state index in [4.69, 9.17) is 4.74 Å². The lowest BCUT2D eigenvalue weighted by molar-refractivity contribution is 0.0222. The highest BCUT2D eigenvalue weighted by atomic mass is 32.2. The van der Waals surface area contributed by atoms with Crippen LogP contribution < -0.4 is 4.72 Å². The van der Waals surface area contributed by atoms with Gasteiger partial charge in [0.15, 0.2) is 0 Å². The number of aliphatic hydroxyl groups excluding tert-OH is 1. The van der Waals surface area contributed by atoms with Crippen LogP contribution in [0.5, 0.6) is 0 Å². The van der Waals surface area contributed by atoms with Crippen molar-refractivity contribution in [2.75, 3.05) is 25.6 Å². The Morgan fingerprint density at radius 1 is 1.28 bits per heavy atom. The fourth-order valence-electron chi connectivity index (χ4n) is 1.88. The van der Waals surface area contributed by atoms with Crippen LogP contribution in [0.15, 0.2) is 0 Å². The first kappa shape index (κ1) is 15.9. The van der Waals surface area contributed by atoms with E-state index in [1.165, 1.54) is 0 Å². The van der Waals surface area contributed by atoms with Gasteiger partial charge in [-0.05, 0) is 24.7 Å². The first-order chi connectivity index (χ1) is 8.18. The molecular formula is C12H25NO4S. The van der Waals surface area contributed by atoms with Crippen LogP contribution in [0.25, 0.3) is 0 Å². The standard InChI is InChI=1S/C12H25NO4S/c1-11(2,3)6-9-18(15,16)13-12(10-14)4-7-17-8-5-12/h13-14H,4-10H2,1-3H3. The van der Waals surface area contributed by atoms with E-state index >= 15 is 0 Å². The van der Waals surface area contributed by atoms with Crippen molar-refractivity contribution >= 4 is 10.0 Å². The van der Waals surface area contributed by atoms with Crippen molar-refractivity contribution in [3.05, 3.63) is 0 Å². The maximum Gasteiger partial charge on any atom is 0.212 e. The lowest BCUT2D eigenvalue weighted by atomic mass is 9.93. The summed E-state index contributed by atoms with van der Waals surface area (Å²) < 4.78 is 32.0. The van der Waals surface area contributed by atoms with Gasteiger partial charge in [-0.25, -0.2) is 13.1 Å². The van der Waals surface area contributed by atoms with Gasteiger partial charge in [0, 0.05) is 13.2 Å². The fraction of sp³-hybridized carbons (Fsp3) is 1.00. The van der Waals surface area contributed by atoms with Crippen LogP contribution in [0.3, 0.4) is 0 Å². The molecule has 1 fully saturated rings. The average Bonchev–Trinajstić information content (AvgIpc) is 2.27. The van der Waals surface area contributed by atoms with E-state index in [-0.39, 0.29) is 17.8 Å². The van der Waals surface area contributed by atoms with Gasteiger partial charge >= 0.3 is 0 Å². The zero-order chi connectivity index (χ0) is 13.9. The minimum absolute atomic E-state index is 0.0171. The van der Waals surface area contributed by atoms with Crippen molar-refractivity contribution < 1.29 is 18.3 Å². The molecule has 6 heteroatoms. The highest BCUT2D eigenvalue weighted by Crippen LogP contribution is 2.23. The molecule has 1 heterocycles. The van der Waals surface area contributed by atoms with Gasteiger partial charge in [0.2, 0.25) is 10.0 Å². The molecule has 0 radical (unpaired) electrons. The average molecular weight is 279 g/mol. The summed E-state index contributed by atoms with van der Waals surface area (Å²) >= 11 is 0. The monoisotopic (exact) mass is 279 g/mol. The lowest BCUT2D eigenvalue weighted by Crippen LogP contribution is -2.55. The molecule has 0 aromatic carbocycles. The molecular weight excluding hydrogens is 254 g/mol. The lowest BCUT2D eigenvalue weighted by Gasteiger charge is -2.36. The molecule has 0 amide bonds. The molecule has 0 bridgehead atoms. The summed E-state index contributed by atoms with van der Waals surface area (Å²) in [6.07, 6.45) is 1.65. The molecule has 1 saturated heterocycles. The highest BCUT2D eigenvalue weighted by molar-refractivity contribution is 7.89. The zero-order valence-electron chi connectivity index (χ0n) is 11.5. The quantitative estimate of drug-likeness (QED) is 0.783. The van der Waals surface area contributed by atoms with Crippen LogP contribution in [-0.2, 0) is 14.8 Å². The van der Waals surface area contributed by atoms with Crippen LogP contribution in [0, 0.1) is 5.41 Å². The minimum Gasteiger partial charge on any atom is -0.394 e. The normalized spacial score (nSPS) is 20.9. The van der Waals surface area contributed by atoms with Gasteiger partial charge in [-0.1, -0.05) is 20.8 Å². The summed E-state index contributed by atoms with van der Waals surface area (Å²) in [6.45, 7) is 6.84. The van der Waals surface area contributed by atoms with Crippen molar-refractivity contribution in [3.8, 4) is 0 Å². The Hall–Kier alpha value is -0.170. The second-order valence-corrected chi connectivity index (χ2v) is 8.12. The third kappa shape index (κ3) is 5.22. The fourth-order valence-corrected chi connectivity index (χ4v) is 3.79. The number of sulfonamides is 1. The molecule has 1 aliphatic heterocycles. The second-order valence-electron chi connectivity index (χ2n) is 6.28. The van der Waals surface area contributed by atoms with E-state index < -0.39 is 15.6 Å². The molecule has 108 valence electrons. The summed E-state index contributed by atoms with van der Waals surface area (Å²) in [6, 6.07) is 0. The van der Waals surface area contributed by atoms with Crippen molar-refractivity contribution in [1.29, 1.82) is 0 Å². The van der Waals surface area contributed by atoms with Gasteiger partial charge in [-0.2, -0.15) is 0 Å². The smallest absolute Gasteiger partial charge is 0.212 e. The Balaban J connectivity index is 2.62. The van der Waals surface area contributed by atoms with Crippen molar-refractivity contribution in [2.45, 2.75) is 45.6 Å². The van der Waals surface area contributed by atoms with Gasteiger partial charge in [-0.3, -0.25) is 0 Å². The topological polar surface area (TPSA) is 75.6 Å². The Morgan fingerprint density at radius 3 is 2.28 bits per heavy atom. The van der Waals surface area contributed by atoms with Crippen LogP contribution >= 0.6 is 0 Å². The minimum atomic E-state index is -3.35. The van der Waals surface area contributed by atoms with Gasteiger partial charge in [0.25, 0.3) is 0 Å². The van der Waals surface area contributed by atoms with E-state index in [1.54, 1.807) is 0 Å². The molecule has 0 aliphatic carbocycles. The van der Waals surface area contributed by atoms with E-state index in [9.17, 15) is 13.5 Å². The SMILES string of the molecule is CC(C)(C)CCS(=O)(=O)NC1(CO)CCOCC1. The number of rotatable bonds is 5. The number of ether oxygens (including phenoxy) is 1. The first-order valence-electron chi connectivity index (χ1n) is 6.38. The maximum absolute atomic E-state index is 12.0. The second kappa shape index (κ2) is 5.86. The number of nitrogens with one attached hydrogen (secondary N) is 1. The molecule has 1 aliphatic rings. The zero-order valence-corrected chi connectivity index (χ0v) is 12.3. The first-order valence-corrected chi connectivity index (χ1v) is 8.04. The summed E-state index contributed by atoms with van der Waals surface area (Å²) in [5, 5.41) is 9.45. The highest BCUT2D eigenvalue weighted by Gasteiger charge is 2.36. The van der Waals surface area contributed by atoms with Crippen molar-refractivity contribution in [2.24, 2.45) is 5.41 Å². The molecule has 0 saturated carbocycles. The predicted molar refractivity (Wildman–Crippen MR) is 70.9 cm³/mol. The third-order valence-corrected chi connectivity index (χ3v) is 4.73. The van der Waals surface area contributed by atoms with E-state index in [1.807, 2.05) is 20.8 Å². The summed E-state index contributed by atoms with van der Waals surface area (Å²) in [7, 11) is -3.35. The van der Waals surface area contributed by atoms with Crippen LogP contribution in [0.2, 0.25) is 0 Å². The van der Waals surface area contributed by atoms with Crippen LogP contribution in [0.1, 0.15) is 40.0 Å². The van der Waals surface area contributed by atoms with Gasteiger partial charge in [0.05, 0.1) is 17.9 Å². The molecule has 0 aromatic heterocycles. The molecule has 0 atom stereocenters. The van der Waals surface area contributed by atoms with E-state index in [0.29, 0.717) is 32.5 Å². The Kier molecular flexibility index (Phi) is 5.17. The summed E-state index contributed by atoms with van der Waals surface area (Å²) in [4.78, 5) is 0. The molecule has 2 N–H and O–H groups in total. The molecule has 0 aromatic rings. The van der Waals surface area contributed by atoms with Crippen LogP contribution in [0.4, 0.5) is 0 Å². The number of aliphatic hydroxyl groups is 1. The molecule has 1 rings (SSSR count). The molecule has 18 heavy (non-hydrogen) atoms.